The van der Waals surface area contributed by atoms with Gasteiger partial charge >= 0.3 is 5.63 Å². The minimum absolute atomic E-state index is 0.116. The first-order valence-corrected chi connectivity index (χ1v) is 10.3. The molecule has 0 saturated carbocycles. The van der Waals surface area contributed by atoms with Crippen molar-refractivity contribution in [1.29, 1.82) is 0 Å². The number of para-hydroxylation sites is 1. The molecule has 1 aromatic heterocycles. The Labute approximate surface area is 193 Å². The highest BCUT2D eigenvalue weighted by Crippen LogP contribution is 2.17. The Morgan fingerprint density at radius 2 is 1.62 bits per heavy atom. The van der Waals surface area contributed by atoms with Crippen LogP contribution >= 0.6 is 0 Å². The van der Waals surface area contributed by atoms with Gasteiger partial charge in [-0.2, -0.15) is 0 Å². The Kier molecular flexibility index (Phi) is 6.45. The second-order valence-corrected chi connectivity index (χ2v) is 7.49. The van der Waals surface area contributed by atoms with E-state index in [1.54, 1.807) is 36.4 Å². The molecule has 4 aromatic rings. The number of benzene rings is 3. The van der Waals surface area contributed by atoms with Gasteiger partial charge in [-0.25, -0.2) is 4.79 Å². The molecule has 9 heteroatoms. The SMILES string of the molecule is O=C(N[C@@H](Cc1ccccc1)C(=O)Nc1ccc([N+](=O)[O-])cc1)c1cc2ccccc2oc1=O. The molecule has 170 valence electrons. The summed E-state index contributed by atoms with van der Waals surface area (Å²) in [5, 5.41) is 16.7. The normalized spacial score (nSPS) is 11.5. The summed E-state index contributed by atoms with van der Waals surface area (Å²) in [4.78, 5) is 48.7. The molecular formula is C25H19N3O6. The zero-order chi connectivity index (χ0) is 24.1. The number of nitrogens with zero attached hydrogens (tertiary/aromatic N) is 1. The number of anilines is 1. The van der Waals surface area contributed by atoms with Crippen molar-refractivity contribution in [3.05, 3.63) is 117 Å². The lowest BCUT2D eigenvalue weighted by Crippen LogP contribution is -2.46. The van der Waals surface area contributed by atoms with E-state index in [0.29, 0.717) is 16.7 Å². The van der Waals surface area contributed by atoms with Crippen LogP contribution in [0.3, 0.4) is 0 Å². The van der Waals surface area contributed by atoms with E-state index in [-0.39, 0.29) is 17.7 Å². The molecule has 0 aliphatic rings. The summed E-state index contributed by atoms with van der Waals surface area (Å²) in [6, 6.07) is 21.6. The number of fused-ring (bicyclic) bond motifs is 1. The van der Waals surface area contributed by atoms with E-state index < -0.39 is 28.4 Å². The second-order valence-electron chi connectivity index (χ2n) is 7.49. The molecule has 1 atom stereocenters. The molecule has 0 aliphatic heterocycles. The van der Waals surface area contributed by atoms with Crippen LogP contribution in [-0.2, 0) is 11.2 Å². The van der Waals surface area contributed by atoms with Gasteiger partial charge in [0, 0.05) is 29.6 Å². The van der Waals surface area contributed by atoms with Crippen LogP contribution in [0.25, 0.3) is 11.0 Å². The number of hydrogen-bond donors (Lipinski definition) is 2. The van der Waals surface area contributed by atoms with Crippen molar-refractivity contribution in [3.63, 3.8) is 0 Å². The molecule has 9 nitrogen and oxygen atoms in total. The lowest BCUT2D eigenvalue weighted by Gasteiger charge is -2.18. The number of nitro groups is 1. The summed E-state index contributed by atoms with van der Waals surface area (Å²) in [5.41, 5.74) is 0.312. The van der Waals surface area contributed by atoms with Gasteiger partial charge in [0.2, 0.25) is 5.91 Å². The molecule has 3 aromatic carbocycles. The predicted octanol–water partition coefficient (Wildman–Crippen LogP) is 3.68. The van der Waals surface area contributed by atoms with E-state index >= 15 is 0 Å². The molecule has 0 unspecified atom stereocenters. The van der Waals surface area contributed by atoms with Crippen LogP contribution in [0.15, 0.2) is 94.1 Å². The Hall–Kier alpha value is -4.79. The summed E-state index contributed by atoms with van der Waals surface area (Å²) < 4.78 is 5.23. The number of non-ortho nitro benzene ring substituents is 1. The van der Waals surface area contributed by atoms with E-state index in [9.17, 15) is 24.5 Å². The number of hydrogen-bond acceptors (Lipinski definition) is 6. The fourth-order valence-electron chi connectivity index (χ4n) is 3.41. The molecule has 0 fully saturated rings. The van der Waals surface area contributed by atoms with Crippen molar-refractivity contribution in [2.24, 2.45) is 0 Å². The van der Waals surface area contributed by atoms with Gasteiger partial charge < -0.3 is 15.1 Å². The first-order valence-electron chi connectivity index (χ1n) is 10.3. The summed E-state index contributed by atoms with van der Waals surface area (Å²) in [7, 11) is 0. The monoisotopic (exact) mass is 457 g/mol. The number of carbonyl (C=O) groups excluding carboxylic acids is 2. The Morgan fingerprint density at radius 3 is 2.32 bits per heavy atom. The van der Waals surface area contributed by atoms with Crippen LogP contribution in [0.1, 0.15) is 15.9 Å². The van der Waals surface area contributed by atoms with E-state index in [4.69, 9.17) is 4.42 Å². The highest BCUT2D eigenvalue weighted by atomic mass is 16.6. The van der Waals surface area contributed by atoms with Crippen LogP contribution in [0.5, 0.6) is 0 Å². The molecule has 0 aliphatic carbocycles. The van der Waals surface area contributed by atoms with Gasteiger partial charge in [0.05, 0.1) is 4.92 Å². The average Bonchev–Trinajstić information content (AvgIpc) is 2.84. The van der Waals surface area contributed by atoms with Gasteiger partial charge in [-0.1, -0.05) is 48.5 Å². The number of rotatable bonds is 7. The van der Waals surface area contributed by atoms with Crippen molar-refractivity contribution in [2.45, 2.75) is 12.5 Å². The average molecular weight is 457 g/mol. The van der Waals surface area contributed by atoms with Gasteiger partial charge in [-0.05, 0) is 29.8 Å². The maximum Gasteiger partial charge on any atom is 0.349 e. The van der Waals surface area contributed by atoms with Crippen molar-refractivity contribution in [1.82, 2.24) is 5.32 Å². The van der Waals surface area contributed by atoms with Gasteiger partial charge in [0.15, 0.2) is 0 Å². The summed E-state index contributed by atoms with van der Waals surface area (Å²) in [6.45, 7) is 0. The highest BCUT2D eigenvalue weighted by molar-refractivity contribution is 6.02. The zero-order valence-electron chi connectivity index (χ0n) is 17.8. The first-order chi connectivity index (χ1) is 16.4. The van der Waals surface area contributed by atoms with Crippen LogP contribution < -0.4 is 16.3 Å². The predicted molar refractivity (Wildman–Crippen MR) is 126 cm³/mol. The molecule has 0 spiro atoms. The lowest BCUT2D eigenvalue weighted by atomic mass is 10.0. The third kappa shape index (κ3) is 5.16. The van der Waals surface area contributed by atoms with E-state index in [1.807, 2.05) is 18.2 Å². The lowest BCUT2D eigenvalue weighted by molar-refractivity contribution is -0.384. The Bertz CT molecular complexity index is 1410. The number of nitro benzene ring substituents is 1. The molecule has 1 heterocycles. The quantitative estimate of drug-likeness (QED) is 0.247. The van der Waals surface area contributed by atoms with Gasteiger partial charge in [-0.3, -0.25) is 19.7 Å². The van der Waals surface area contributed by atoms with Crippen molar-refractivity contribution in [3.8, 4) is 0 Å². The minimum Gasteiger partial charge on any atom is -0.422 e. The second kappa shape index (κ2) is 9.78. The number of carbonyl (C=O) groups is 2. The number of amides is 2. The van der Waals surface area contributed by atoms with E-state index in [0.717, 1.165) is 5.56 Å². The first kappa shape index (κ1) is 22.4. The summed E-state index contributed by atoms with van der Waals surface area (Å²) in [5.74, 6) is -1.30. The topological polar surface area (TPSA) is 132 Å². The van der Waals surface area contributed by atoms with Crippen LogP contribution in [0, 0.1) is 10.1 Å². The zero-order valence-corrected chi connectivity index (χ0v) is 17.8. The Balaban J connectivity index is 1.58. The smallest absolute Gasteiger partial charge is 0.349 e. The van der Waals surface area contributed by atoms with Crippen LogP contribution in [0.2, 0.25) is 0 Å². The molecular weight excluding hydrogens is 438 g/mol. The third-order valence-electron chi connectivity index (χ3n) is 5.14. The van der Waals surface area contributed by atoms with Gasteiger partial charge in [0.25, 0.3) is 11.6 Å². The fourth-order valence-corrected chi connectivity index (χ4v) is 3.41. The molecule has 2 amide bonds. The highest BCUT2D eigenvalue weighted by Gasteiger charge is 2.24. The van der Waals surface area contributed by atoms with Crippen molar-refractivity contribution in [2.75, 3.05) is 5.32 Å². The molecule has 0 bridgehead atoms. The molecule has 0 radical (unpaired) electrons. The standard InChI is InChI=1S/C25H19N3O6/c29-23(20-15-17-8-4-5-9-22(17)34-25(20)31)27-21(14-16-6-2-1-3-7-16)24(30)26-18-10-12-19(13-11-18)28(32)33/h1-13,15,21H,14H2,(H,26,30)(H,27,29)/t21-/m0/s1. The number of nitrogens with one attached hydrogen (secondary N) is 2. The summed E-state index contributed by atoms with van der Waals surface area (Å²) >= 11 is 0. The largest absolute Gasteiger partial charge is 0.422 e. The van der Waals surface area contributed by atoms with Crippen molar-refractivity contribution < 1.29 is 18.9 Å². The molecule has 4 rings (SSSR count). The summed E-state index contributed by atoms with van der Waals surface area (Å²) in [6.07, 6.45) is 0.157. The van der Waals surface area contributed by atoms with Crippen LogP contribution in [0.4, 0.5) is 11.4 Å². The molecule has 2 N–H and O–H groups in total. The van der Waals surface area contributed by atoms with Crippen molar-refractivity contribution >= 4 is 34.2 Å². The van der Waals surface area contributed by atoms with E-state index in [2.05, 4.69) is 10.6 Å². The third-order valence-corrected chi connectivity index (χ3v) is 5.14. The molecule has 34 heavy (non-hydrogen) atoms. The maximum atomic E-state index is 13.0. The maximum absolute atomic E-state index is 13.0. The fraction of sp³-hybridized carbons (Fsp3) is 0.0800. The van der Waals surface area contributed by atoms with Crippen LogP contribution in [-0.4, -0.2) is 22.8 Å². The minimum atomic E-state index is -1.03. The van der Waals surface area contributed by atoms with E-state index in [1.165, 1.54) is 30.3 Å². The molecule has 0 saturated heterocycles. The van der Waals surface area contributed by atoms with Gasteiger partial charge in [0.1, 0.15) is 17.2 Å². The Morgan fingerprint density at radius 1 is 0.941 bits per heavy atom. The van der Waals surface area contributed by atoms with Gasteiger partial charge in [-0.15, -0.1) is 0 Å².